The molecule has 2 rings (SSSR count). The molecule has 0 saturated heterocycles. The van der Waals surface area contributed by atoms with Crippen LogP contribution in [0.4, 0.5) is 0 Å². The number of rotatable bonds is 9. The number of benzene rings is 1. The first-order valence-corrected chi connectivity index (χ1v) is 11.0. The molecule has 2 atom stereocenters. The molecule has 10 heteroatoms. The largest absolute Gasteiger partial charge is 0.480 e. The Labute approximate surface area is 169 Å². The first kappa shape index (κ1) is 22.5. The molecule has 1 aliphatic heterocycles. The molecule has 0 spiro atoms. The van der Waals surface area contributed by atoms with Gasteiger partial charge in [-0.15, -0.1) is 0 Å². The topological polar surface area (TPSA) is 138 Å². The number of nitrogens with zero attached hydrogens (tertiary/aromatic N) is 1. The van der Waals surface area contributed by atoms with Gasteiger partial charge >= 0.3 is 5.97 Å². The van der Waals surface area contributed by atoms with Crippen LogP contribution in [0.15, 0.2) is 24.3 Å². The number of carboxylic acid groups (broad SMARTS) is 1. The fraction of sp³-hybridized carbons (Fsp3) is 0.474. The fourth-order valence-corrected chi connectivity index (χ4v) is 4.02. The average Bonchev–Trinajstić information content (AvgIpc) is 2.90. The molecule has 0 fully saturated rings. The van der Waals surface area contributed by atoms with Crippen LogP contribution in [0.1, 0.15) is 47.9 Å². The van der Waals surface area contributed by atoms with Gasteiger partial charge in [0.25, 0.3) is 11.8 Å². The summed E-state index contributed by atoms with van der Waals surface area (Å²) in [6.45, 7) is 4.71. The van der Waals surface area contributed by atoms with Gasteiger partial charge in [-0.3, -0.25) is 19.3 Å². The van der Waals surface area contributed by atoms with E-state index in [9.17, 15) is 32.7 Å². The van der Waals surface area contributed by atoms with E-state index in [0.717, 1.165) is 4.90 Å². The number of sulfone groups is 1. The highest BCUT2D eigenvalue weighted by Crippen LogP contribution is 2.27. The molecule has 0 aromatic heterocycles. The fourth-order valence-electron chi connectivity index (χ4n) is 3.13. The van der Waals surface area contributed by atoms with Crippen LogP contribution in [0.25, 0.3) is 0 Å². The third-order valence-electron chi connectivity index (χ3n) is 4.78. The Hall–Kier alpha value is -2.75. The number of carboxylic acids is 1. The summed E-state index contributed by atoms with van der Waals surface area (Å²) in [5.41, 5.74) is 0.361. The van der Waals surface area contributed by atoms with Gasteiger partial charge in [0.1, 0.15) is 21.9 Å². The second-order valence-corrected chi connectivity index (χ2v) is 9.61. The van der Waals surface area contributed by atoms with Crippen molar-refractivity contribution in [3.8, 4) is 0 Å². The summed E-state index contributed by atoms with van der Waals surface area (Å²) in [7, 11) is -3.42. The number of amides is 3. The zero-order chi connectivity index (χ0) is 21.9. The van der Waals surface area contributed by atoms with Crippen LogP contribution in [0.5, 0.6) is 0 Å². The maximum Gasteiger partial charge on any atom is 0.326 e. The zero-order valence-electron chi connectivity index (χ0n) is 16.4. The molecule has 0 saturated carbocycles. The SMILES string of the molecule is CCS(=O)(=O)CCC(NC(=O)C(C(C)C)N1C(=O)c2ccccc2C1=O)C(=O)O. The summed E-state index contributed by atoms with van der Waals surface area (Å²) >= 11 is 0. The van der Waals surface area contributed by atoms with Crippen LogP contribution in [-0.2, 0) is 19.4 Å². The lowest BCUT2D eigenvalue weighted by molar-refractivity contribution is -0.142. The monoisotopic (exact) mass is 424 g/mol. The Balaban J connectivity index is 2.24. The number of fused-ring (bicyclic) bond motifs is 1. The number of hydrogen-bond donors (Lipinski definition) is 2. The van der Waals surface area contributed by atoms with Crippen molar-refractivity contribution >= 4 is 33.5 Å². The Morgan fingerprint density at radius 2 is 1.62 bits per heavy atom. The Morgan fingerprint density at radius 3 is 2.03 bits per heavy atom. The van der Waals surface area contributed by atoms with Crippen molar-refractivity contribution in [2.75, 3.05) is 11.5 Å². The van der Waals surface area contributed by atoms with Gasteiger partial charge in [-0.05, 0) is 24.5 Å². The van der Waals surface area contributed by atoms with Crippen molar-refractivity contribution < 1.29 is 32.7 Å². The molecule has 1 aromatic rings. The van der Waals surface area contributed by atoms with Gasteiger partial charge in [0.2, 0.25) is 5.91 Å². The summed E-state index contributed by atoms with van der Waals surface area (Å²) in [4.78, 5) is 50.6. The predicted molar refractivity (Wildman–Crippen MR) is 104 cm³/mol. The molecule has 3 amide bonds. The average molecular weight is 424 g/mol. The third-order valence-corrected chi connectivity index (χ3v) is 6.51. The predicted octanol–water partition coefficient (Wildman–Crippen LogP) is 0.701. The summed E-state index contributed by atoms with van der Waals surface area (Å²) in [5, 5.41) is 11.7. The summed E-state index contributed by atoms with van der Waals surface area (Å²) in [6.07, 6.45) is -0.315. The number of nitrogens with one attached hydrogen (secondary N) is 1. The van der Waals surface area contributed by atoms with Gasteiger partial charge in [-0.25, -0.2) is 13.2 Å². The molecule has 2 N–H and O–H groups in total. The minimum atomic E-state index is -3.42. The molecule has 9 nitrogen and oxygen atoms in total. The highest BCUT2D eigenvalue weighted by Gasteiger charge is 2.44. The van der Waals surface area contributed by atoms with Crippen LogP contribution in [0.2, 0.25) is 0 Å². The van der Waals surface area contributed by atoms with Crippen molar-refractivity contribution in [2.24, 2.45) is 5.92 Å². The molecule has 29 heavy (non-hydrogen) atoms. The molecular weight excluding hydrogens is 400 g/mol. The Morgan fingerprint density at radius 1 is 1.10 bits per heavy atom. The summed E-state index contributed by atoms with van der Waals surface area (Å²) < 4.78 is 23.3. The van der Waals surface area contributed by atoms with E-state index in [1.165, 1.54) is 19.1 Å². The lowest BCUT2D eigenvalue weighted by atomic mass is 10.0. The molecule has 158 valence electrons. The van der Waals surface area contributed by atoms with Crippen LogP contribution < -0.4 is 5.32 Å². The Kier molecular flexibility index (Phi) is 6.78. The van der Waals surface area contributed by atoms with Gasteiger partial charge in [0.15, 0.2) is 0 Å². The van der Waals surface area contributed by atoms with E-state index in [4.69, 9.17) is 0 Å². The maximum atomic E-state index is 12.9. The Bertz CT molecular complexity index is 905. The standard InChI is InChI=1S/C19H24N2O7S/c1-4-29(27,28)10-9-14(19(25)26)20-16(22)15(11(2)3)21-17(23)12-7-5-6-8-13(12)18(21)24/h5-8,11,14-15H,4,9-10H2,1-3H3,(H,20,22)(H,25,26). The minimum Gasteiger partial charge on any atom is -0.480 e. The quantitative estimate of drug-likeness (QED) is 0.557. The minimum absolute atomic E-state index is 0.142. The van der Waals surface area contributed by atoms with E-state index in [-0.39, 0.29) is 23.3 Å². The maximum absolute atomic E-state index is 12.9. The first-order chi connectivity index (χ1) is 13.5. The molecular formula is C19H24N2O7S. The van der Waals surface area contributed by atoms with Crippen LogP contribution in [0, 0.1) is 5.92 Å². The van der Waals surface area contributed by atoms with Crippen molar-refractivity contribution in [1.29, 1.82) is 0 Å². The molecule has 0 aliphatic carbocycles. The first-order valence-electron chi connectivity index (χ1n) is 9.20. The van der Waals surface area contributed by atoms with Crippen molar-refractivity contribution in [1.82, 2.24) is 10.2 Å². The smallest absolute Gasteiger partial charge is 0.326 e. The van der Waals surface area contributed by atoms with Gasteiger partial charge in [0.05, 0.1) is 16.9 Å². The lowest BCUT2D eigenvalue weighted by Gasteiger charge is -2.29. The van der Waals surface area contributed by atoms with Crippen molar-refractivity contribution in [3.63, 3.8) is 0 Å². The normalized spacial score (nSPS) is 15.9. The molecule has 1 aromatic carbocycles. The van der Waals surface area contributed by atoms with E-state index in [1.807, 2.05) is 0 Å². The zero-order valence-corrected chi connectivity index (χ0v) is 17.2. The summed E-state index contributed by atoms with van der Waals surface area (Å²) in [5.74, 6) is -4.51. The molecule has 1 heterocycles. The third kappa shape index (κ3) is 4.81. The number of carbonyl (C=O) groups is 4. The highest BCUT2D eigenvalue weighted by atomic mass is 32.2. The molecule has 0 bridgehead atoms. The second kappa shape index (κ2) is 8.73. The van der Waals surface area contributed by atoms with E-state index in [2.05, 4.69) is 5.32 Å². The van der Waals surface area contributed by atoms with E-state index in [0.29, 0.717) is 0 Å². The van der Waals surface area contributed by atoms with Gasteiger partial charge < -0.3 is 10.4 Å². The highest BCUT2D eigenvalue weighted by molar-refractivity contribution is 7.91. The second-order valence-electron chi connectivity index (χ2n) is 7.14. The number of carbonyl (C=O) groups excluding carboxylic acids is 3. The van der Waals surface area contributed by atoms with E-state index >= 15 is 0 Å². The molecule has 1 aliphatic rings. The molecule has 2 unspecified atom stereocenters. The van der Waals surface area contributed by atoms with Crippen molar-refractivity contribution in [3.05, 3.63) is 35.4 Å². The van der Waals surface area contributed by atoms with Crippen LogP contribution in [-0.4, -0.2) is 65.7 Å². The van der Waals surface area contributed by atoms with Gasteiger partial charge in [0, 0.05) is 5.75 Å². The van der Waals surface area contributed by atoms with Crippen molar-refractivity contribution in [2.45, 2.75) is 39.3 Å². The van der Waals surface area contributed by atoms with E-state index in [1.54, 1.807) is 26.0 Å². The number of hydrogen-bond acceptors (Lipinski definition) is 6. The van der Waals surface area contributed by atoms with Crippen LogP contribution >= 0.6 is 0 Å². The van der Waals surface area contributed by atoms with Gasteiger partial charge in [-0.2, -0.15) is 0 Å². The summed E-state index contributed by atoms with van der Waals surface area (Å²) in [6, 6.07) is 3.49. The molecule has 0 radical (unpaired) electrons. The van der Waals surface area contributed by atoms with Gasteiger partial charge in [-0.1, -0.05) is 32.9 Å². The number of aliphatic carboxylic acids is 1. The van der Waals surface area contributed by atoms with Crippen LogP contribution in [0.3, 0.4) is 0 Å². The van der Waals surface area contributed by atoms with E-state index < -0.39 is 57.3 Å². The number of imide groups is 1. The lowest BCUT2D eigenvalue weighted by Crippen LogP contribution is -2.55.